The predicted molar refractivity (Wildman–Crippen MR) is 155 cm³/mol. The Morgan fingerprint density at radius 2 is 1.68 bits per heavy atom. The van der Waals surface area contributed by atoms with Crippen LogP contribution in [0.15, 0.2) is 49.1 Å². The van der Waals surface area contributed by atoms with E-state index in [0.717, 1.165) is 16.7 Å². The average Bonchev–Trinajstić information content (AvgIpc) is 3.35. The molecule has 12 heteroatoms. The van der Waals surface area contributed by atoms with Crippen molar-refractivity contribution in [2.75, 3.05) is 25.5 Å². The Balaban J connectivity index is 1.72. The Kier molecular flexibility index (Phi) is 9.23. The minimum atomic E-state index is -1.02. The van der Waals surface area contributed by atoms with E-state index in [1.54, 1.807) is 52.9 Å². The molecule has 1 aromatic carbocycles. The van der Waals surface area contributed by atoms with Crippen LogP contribution in [-0.2, 0) is 4.74 Å². The maximum Gasteiger partial charge on any atom is 0.239 e. The molecule has 0 aliphatic heterocycles. The summed E-state index contributed by atoms with van der Waals surface area (Å²) in [5, 5.41) is 19.1. The van der Waals surface area contributed by atoms with Crippen molar-refractivity contribution < 1.29 is 19.3 Å². The normalized spacial score (nSPS) is 13.1. The third-order valence-corrected chi connectivity index (χ3v) is 6.77. The highest BCUT2D eigenvalue weighted by atomic mass is 32.2. The number of benzene rings is 1. The lowest BCUT2D eigenvalue weighted by Gasteiger charge is -2.26. The largest absolute Gasteiger partial charge is 0.494 e. The van der Waals surface area contributed by atoms with Crippen LogP contribution in [0.2, 0.25) is 0 Å². The van der Waals surface area contributed by atoms with Gasteiger partial charge in [0.15, 0.2) is 11.6 Å². The van der Waals surface area contributed by atoms with Gasteiger partial charge in [0.1, 0.15) is 23.3 Å². The van der Waals surface area contributed by atoms with E-state index in [1.165, 1.54) is 11.9 Å². The summed E-state index contributed by atoms with van der Waals surface area (Å²) >= 11 is 1.38. The van der Waals surface area contributed by atoms with Crippen molar-refractivity contribution in [3.8, 4) is 28.6 Å². The number of rotatable bonds is 12. The number of aromatic nitrogens is 6. The molecule has 2 unspecified atom stereocenters. The zero-order chi connectivity index (χ0) is 28.9. The molecule has 0 bridgehead atoms. The van der Waals surface area contributed by atoms with Crippen LogP contribution in [0.25, 0.3) is 17.1 Å². The van der Waals surface area contributed by atoms with Crippen LogP contribution in [0.3, 0.4) is 0 Å². The number of anilines is 1. The number of hydrogen-bond acceptors (Lipinski definition) is 11. The highest BCUT2D eigenvalue weighted by Crippen LogP contribution is 2.39. The van der Waals surface area contributed by atoms with Crippen LogP contribution in [0, 0.1) is 13.8 Å². The van der Waals surface area contributed by atoms with Gasteiger partial charge in [-0.25, -0.2) is 9.97 Å². The second-order valence-electron chi connectivity index (χ2n) is 10.0. The molecule has 2 N–H and O–H groups in total. The zero-order valence-corrected chi connectivity index (χ0v) is 24.6. The maximum atomic E-state index is 10.3. The fourth-order valence-electron chi connectivity index (χ4n) is 3.95. The first kappa shape index (κ1) is 29.2. The first-order valence-electron chi connectivity index (χ1n) is 12.7. The minimum Gasteiger partial charge on any atom is -0.494 e. The van der Waals surface area contributed by atoms with E-state index in [2.05, 4.69) is 29.9 Å². The van der Waals surface area contributed by atoms with Crippen LogP contribution in [-0.4, -0.2) is 66.5 Å². The highest BCUT2D eigenvalue weighted by molar-refractivity contribution is 8.01. The first-order chi connectivity index (χ1) is 19.1. The third-order valence-electron chi connectivity index (χ3n) is 5.86. The number of nitrogens with zero attached hydrogens (tertiary/aromatic N) is 6. The van der Waals surface area contributed by atoms with Crippen molar-refractivity contribution in [2.24, 2.45) is 0 Å². The summed E-state index contributed by atoms with van der Waals surface area (Å²) in [6.45, 7) is 9.39. The quantitative estimate of drug-likeness (QED) is 0.231. The number of nitrogens with one attached hydrogen (secondary N) is 1. The summed E-state index contributed by atoms with van der Waals surface area (Å²) in [4.78, 5) is 13.3. The fraction of sp³-hybridized carbons (Fsp3) is 0.393. The second kappa shape index (κ2) is 12.6. The molecule has 2 atom stereocenters. The molecule has 212 valence electrons. The summed E-state index contributed by atoms with van der Waals surface area (Å²) in [6, 6.07) is 7.55. The third kappa shape index (κ3) is 6.87. The second-order valence-corrected chi connectivity index (χ2v) is 11.2. The number of pyridine rings is 1. The molecule has 3 aromatic heterocycles. The summed E-state index contributed by atoms with van der Waals surface area (Å²) in [7, 11) is 3.21. The Hall–Kier alpha value is -3.74. The first-order valence-corrected chi connectivity index (χ1v) is 13.6. The van der Waals surface area contributed by atoms with Crippen molar-refractivity contribution in [3.05, 3.63) is 66.0 Å². The van der Waals surface area contributed by atoms with E-state index in [4.69, 9.17) is 14.2 Å². The highest BCUT2D eigenvalue weighted by Gasteiger charge is 2.28. The number of aryl methyl sites for hydroxylation is 2. The molecule has 0 amide bonds. The molecule has 0 spiro atoms. The van der Waals surface area contributed by atoms with Crippen LogP contribution >= 0.6 is 11.9 Å². The summed E-state index contributed by atoms with van der Waals surface area (Å²) in [5.74, 6) is 2.70. The van der Waals surface area contributed by atoms with E-state index in [0.29, 0.717) is 34.8 Å². The van der Waals surface area contributed by atoms with Crippen LogP contribution < -0.4 is 14.2 Å². The SMILES string of the molecule is COc1cccc(OC)c1-n1c(NSC(C)C(OCC(C)(C)O)c2ncc(C)cn2)nnc1-c1cncc(C)c1. The lowest BCUT2D eigenvalue weighted by Crippen LogP contribution is -2.30. The molecule has 0 aliphatic carbocycles. The van der Waals surface area contributed by atoms with Gasteiger partial charge in [-0.05, 0) is 75.9 Å². The molecule has 0 fully saturated rings. The number of ether oxygens (including phenoxy) is 3. The van der Waals surface area contributed by atoms with Crippen LogP contribution in [0.4, 0.5) is 5.95 Å². The van der Waals surface area contributed by atoms with E-state index >= 15 is 0 Å². The van der Waals surface area contributed by atoms with E-state index < -0.39 is 11.7 Å². The van der Waals surface area contributed by atoms with Gasteiger partial charge in [-0.2, -0.15) is 0 Å². The van der Waals surface area contributed by atoms with Gasteiger partial charge in [-0.1, -0.05) is 6.07 Å². The van der Waals surface area contributed by atoms with Crippen molar-refractivity contribution in [3.63, 3.8) is 0 Å². The van der Waals surface area contributed by atoms with Crippen molar-refractivity contribution >= 4 is 17.9 Å². The molecule has 4 aromatic rings. The van der Waals surface area contributed by atoms with Crippen LogP contribution in [0.5, 0.6) is 11.5 Å². The lowest BCUT2D eigenvalue weighted by molar-refractivity contribution is -0.0558. The van der Waals surface area contributed by atoms with Crippen molar-refractivity contribution in [1.82, 2.24) is 29.7 Å². The van der Waals surface area contributed by atoms with Gasteiger partial charge in [0.25, 0.3) is 0 Å². The van der Waals surface area contributed by atoms with Gasteiger partial charge in [-0.15, -0.1) is 10.2 Å². The molecule has 3 heterocycles. The average molecular weight is 566 g/mol. The Bertz CT molecular complexity index is 1400. The summed E-state index contributed by atoms with van der Waals surface area (Å²) in [5.41, 5.74) is 2.34. The lowest BCUT2D eigenvalue weighted by atomic mass is 10.1. The predicted octanol–water partition coefficient (Wildman–Crippen LogP) is 4.73. The van der Waals surface area contributed by atoms with Gasteiger partial charge >= 0.3 is 0 Å². The number of para-hydroxylation sites is 1. The fourth-order valence-corrected chi connectivity index (χ4v) is 4.70. The van der Waals surface area contributed by atoms with Crippen LogP contribution in [0.1, 0.15) is 43.8 Å². The number of hydrogen-bond donors (Lipinski definition) is 2. The van der Waals surface area contributed by atoms with Crippen molar-refractivity contribution in [1.29, 1.82) is 0 Å². The molecule has 4 rings (SSSR count). The van der Waals surface area contributed by atoms with Gasteiger partial charge in [0.05, 0.1) is 31.7 Å². The van der Waals surface area contributed by atoms with E-state index in [-0.39, 0.29) is 11.9 Å². The topological polar surface area (TPSA) is 129 Å². The maximum absolute atomic E-state index is 10.3. The number of methoxy groups -OCH3 is 2. The molecule has 0 radical (unpaired) electrons. The van der Waals surface area contributed by atoms with Crippen molar-refractivity contribution in [2.45, 2.75) is 51.6 Å². The molecule has 11 nitrogen and oxygen atoms in total. The zero-order valence-electron chi connectivity index (χ0n) is 23.7. The van der Waals surface area contributed by atoms with Gasteiger partial charge in [-0.3, -0.25) is 14.3 Å². The Labute approximate surface area is 238 Å². The summed E-state index contributed by atoms with van der Waals surface area (Å²) < 4.78 is 22.8. The monoisotopic (exact) mass is 565 g/mol. The summed E-state index contributed by atoms with van der Waals surface area (Å²) in [6.07, 6.45) is 6.51. The Morgan fingerprint density at radius 3 is 2.27 bits per heavy atom. The molecule has 0 aliphatic rings. The molecular formula is C28H35N7O4S. The Morgan fingerprint density at radius 1 is 1.00 bits per heavy atom. The molecule has 0 saturated heterocycles. The number of aliphatic hydroxyl groups is 1. The van der Waals surface area contributed by atoms with Gasteiger partial charge in [0.2, 0.25) is 5.95 Å². The van der Waals surface area contributed by atoms with E-state index in [9.17, 15) is 5.11 Å². The minimum absolute atomic E-state index is 0.110. The molecule has 40 heavy (non-hydrogen) atoms. The molecular weight excluding hydrogens is 530 g/mol. The standard InChI is InChI=1S/C28H35N7O4S/c1-17-11-20(15-29-12-17)26-32-33-27(35(26)23-21(37-6)9-8-10-22(23)38-7)34-40-19(3)24(39-16-28(4,5)36)25-30-13-18(2)14-31-25/h8-15,19,24,36H,16H2,1-7H3,(H,33,34). The van der Waals surface area contributed by atoms with E-state index in [1.807, 2.05) is 49.6 Å². The smallest absolute Gasteiger partial charge is 0.239 e. The molecule has 0 saturated carbocycles. The van der Waals surface area contributed by atoms with Gasteiger partial charge < -0.3 is 19.3 Å². The van der Waals surface area contributed by atoms with Gasteiger partial charge in [0, 0.05) is 30.4 Å².